The zero-order chi connectivity index (χ0) is 13.4. The first-order chi connectivity index (χ1) is 9.19. The van der Waals surface area contributed by atoms with E-state index in [1.165, 1.54) is 6.33 Å². The highest BCUT2D eigenvalue weighted by Crippen LogP contribution is 2.24. The normalized spacial score (nSPS) is 24.1. The third-order valence-electron chi connectivity index (χ3n) is 3.21. The molecule has 1 aliphatic rings. The van der Waals surface area contributed by atoms with Gasteiger partial charge in [-0.1, -0.05) is 11.6 Å². The number of halogens is 1. The molecule has 1 fully saturated rings. The summed E-state index contributed by atoms with van der Waals surface area (Å²) < 4.78 is 7.17. The van der Waals surface area contributed by atoms with Crippen molar-refractivity contribution in [2.75, 3.05) is 24.7 Å². The number of anilines is 1. The molecule has 0 radical (unpaired) electrons. The van der Waals surface area contributed by atoms with E-state index >= 15 is 0 Å². The van der Waals surface area contributed by atoms with Gasteiger partial charge in [-0.15, -0.1) is 0 Å². The van der Waals surface area contributed by atoms with Gasteiger partial charge in [0, 0.05) is 12.6 Å². The minimum absolute atomic E-state index is 0.0114. The average Bonchev–Trinajstić information content (AvgIpc) is 2.86. The van der Waals surface area contributed by atoms with Crippen LogP contribution in [0.1, 0.15) is 6.92 Å². The molecule has 1 aliphatic heterocycles. The van der Waals surface area contributed by atoms with Crippen molar-refractivity contribution in [2.24, 2.45) is 0 Å². The van der Waals surface area contributed by atoms with Gasteiger partial charge in [0.15, 0.2) is 0 Å². The molecule has 19 heavy (non-hydrogen) atoms. The van der Waals surface area contributed by atoms with Gasteiger partial charge in [-0.25, -0.2) is 0 Å². The fraction of sp³-hybridized carbons (Fsp3) is 0.545. The van der Waals surface area contributed by atoms with E-state index in [4.69, 9.17) is 16.3 Å². The molecule has 7 nitrogen and oxygen atoms in total. The highest BCUT2D eigenvalue weighted by Gasteiger charge is 2.28. The first kappa shape index (κ1) is 12.6. The van der Waals surface area contributed by atoms with Crippen LogP contribution < -0.4 is 4.90 Å². The van der Waals surface area contributed by atoms with Gasteiger partial charge in [-0.3, -0.25) is 0 Å². The van der Waals surface area contributed by atoms with Crippen LogP contribution in [0.3, 0.4) is 0 Å². The van der Waals surface area contributed by atoms with Crippen molar-refractivity contribution in [2.45, 2.75) is 19.1 Å². The number of aromatic nitrogens is 4. The molecule has 1 N–H and O–H groups in total. The first-order valence-corrected chi connectivity index (χ1v) is 6.42. The van der Waals surface area contributed by atoms with Gasteiger partial charge in [0.05, 0.1) is 25.4 Å². The largest absolute Gasteiger partial charge is 0.394 e. The summed E-state index contributed by atoms with van der Waals surface area (Å²) in [7, 11) is 0. The molecule has 2 unspecified atom stereocenters. The highest BCUT2D eigenvalue weighted by atomic mass is 35.5. The Balaban J connectivity index is 2.04. The smallest absolute Gasteiger partial charge is 0.255 e. The number of hydrogen-bond acceptors (Lipinski definition) is 6. The fourth-order valence-corrected chi connectivity index (χ4v) is 2.39. The van der Waals surface area contributed by atoms with Gasteiger partial charge < -0.3 is 14.7 Å². The molecule has 2 atom stereocenters. The average molecular weight is 284 g/mol. The predicted molar refractivity (Wildman–Crippen MR) is 69.4 cm³/mol. The molecule has 3 heterocycles. The van der Waals surface area contributed by atoms with Gasteiger partial charge in [-0.05, 0) is 6.92 Å². The van der Waals surface area contributed by atoms with E-state index in [2.05, 4.69) is 20.0 Å². The lowest BCUT2D eigenvalue weighted by Gasteiger charge is -2.38. The summed E-state index contributed by atoms with van der Waals surface area (Å²) in [5.41, 5.74) is 0. The molecule has 0 bridgehead atoms. The van der Waals surface area contributed by atoms with Crippen LogP contribution in [-0.4, -0.2) is 56.6 Å². The zero-order valence-corrected chi connectivity index (χ0v) is 11.2. The van der Waals surface area contributed by atoms with Crippen LogP contribution in [0.25, 0.3) is 5.78 Å². The molecule has 1 saturated heterocycles. The Kier molecular flexibility index (Phi) is 3.26. The van der Waals surface area contributed by atoms with Crippen molar-refractivity contribution in [3.63, 3.8) is 0 Å². The predicted octanol–water partition coefficient (Wildman–Crippen LogP) is 0.364. The van der Waals surface area contributed by atoms with E-state index in [1.807, 2.05) is 6.92 Å². The van der Waals surface area contributed by atoms with Crippen LogP contribution in [0.15, 0.2) is 12.4 Å². The maximum Gasteiger partial charge on any atom is 0.255 e. The standard InChI is InChI=1S/C11H14ClN5O2/c1-7-5-19-8(4-18)3-16(7)10-2-9(12)15-11-13-6-14-17(10)11/h2,6-8,18H,3-5H2,1H3. The first-order valence-electron chi connectivity index (χ1n) is 6.04. The Hall–Kier alpha value is -1.44. The molecule has 3 rings (SSSR count). The van der Waals surface area contributed by atoms with Gasteiger partial charge in [0.25, 0.3) is 5.78 Å². The molecule has 0 spiro atoms. The molecule has 0 saturated carbocycles. The number of nitrogens with zero attached hydrogens (tertiary/aromatic N) is 5. The molecular formula is C11H14ClN5O2. The Morgan fingerprint density at radius 1 is 1.58 bits per heavy atom. The Morgan fingerprint density at radius 2 is 2.42 bits per heavy atom. The Labute approximate surface area is 114 Å². The van der Waals surface area contributed by atoms with Gasteiger partial charge in [0.1, 0.15) is 17.3 Å². The van der Waals surface area contributed by atoms with Crippen LogP contribution in [0, 0.1) is 0 Å². The van der Waals surface area contributed by atoms with Crippen molar-refractivity contribution in [3.05, 3.63) is 17.5 Å². The molecule has 0 aliphatic carbocycles. The molecule has 2 aromatic heterocycles. The fourth-order valence-electron chi connectivity index (χ4n) is 2.22. The molecular weight excluding hydrogens is 270 g/mol. The van der Waals surface area contributed by atoms with E-state index in [0.29, 0.717) is 24.1 Å². The van der Waals surface area contributed by atoms with E-state index in [9.17, 15) is 5.11 Å². The number of fused-ring (bicyclic) bond motifs is 1. The summed E-state index contributed by atoms with van der Waals surface area (Å²) in [6.07, 6.45) is 1.23. The second-order valence-corrected chi connectivity index (χ2v) is 4.94. The third kappa shape index (κ3) is 2.24. The number of aliphatic hydroxyl groups excluding tert-OH is 1. The number of hydrogen-bond donors (Lipinski definition) is 1. The number of ether oxygens (including phenoxy) is 1. The van der Waals surface area contributed by atoms with Crippen LogP contribution in [0.2, 0.25) is 5.15 Å². The maximum absolute atomic E-state index is 9.24. The van der Waals surface area contributed by atoms with Gasteiger partial charge in [-0.2, -0.15) is 19.6 Å². The second kappa shape index (κ2) is 4.92. The third-order valence-corrected chi connectivity index (χ3v) is 3.40. The lowest BCUT2D eigenvalue weighted by Crippen LogP contribution is -2.50. The monoisotopic (exact) mass is 283 g/mol. The number of morpholine rings is 1. The van der Waals surface area contributed by atoms with Gasteiger partial charge >= 0.3 is 0 Å². The van der Waals surface area contributed by atoms with E-state index in [1.54, 1.807) is 10.6 Å². The van der Waals surface area contributed by atoms with Crippen LogP contribution in [0.5, 0.6) is 0 Å². The van der Waals surface area contributed by atoms with Crippen LogP contribution in [0.4, 0.5) is 5.82 Å². The summed E-state index contributed by atoms with van der Waals surface area (Å²) in [6, 6.07) is 1.91. The van der Waals surface area contributed by atoms with Crippen molar-refractivity contribution in [3.8, 4) is 0 Å². The van der Waals surface area contributed by atoms with Crippen molar-refractivity contribution in [1.29, 1.82) is 0 Å². The lowest BCUT2D eigenvalue weighted by molar-refractivity contribution is -0.0106. The van der Waals surface area contributed by atoms with Crippen LogP contribution >= 0.6 is 11.6 Å². The maximum atomic E-state index is 9.24. The van der Waals surface area contributed by atoms with Crippen molar-refractivity contribution < 1.29 is 9.84 Å². The molecule has 2 aromatic rings. The topological polar surface area (TPSA) is 75.8 Å². The summed E-state index contributed by atoms with van der Waals surface area (Å²) in [5.74, 6) is 1.27. The SMILES string of the molecule is CC1COC(CO)CN1c1cc(Cl)nc2ncnn12. The Morgan fingerprint density at radius 3 is 3.21 bits per heavy atom. The van der Waals surface area contributed by atoms with Crippen molar-refractivity contribution in [1.82, 2.24) is 19.6 Å². The summed E-state index contributed by atoms with van der Waals surface area (Å²) >= 11 is 6.02. The second-order valence-electron chi connectivity index (χ2n) is 4.55. The molecule has 0 aromatic carbocycles. The summed E-state index contributed by atoms with van der Waals surface area (Å²) in [4.78, 5) is 10.2. The minimum atomic E-state index is -0.207. The molecule has 0 amide bonds. The quantitative estimate of drug-likeness (QED) is 0.802. The molecule has 8 heteroatoms. The van der Waals surface area contributed by atoms with Crippen LogP contribution in [-0.2, 0) is 4.74 Å². The number of rotatable bonds is 2. The van der Waals surface area contributed by atoms with E-state index in [-0.39, 0.29) is 18.8 Å². The van der Waals surface area contributed by atoms with E-state index < -0.39 is 0 Å². The highest BCUT2D eigenvalue weighted by molar-refractivity contribution is 6.29. The summed E-state index contributed by atoms with van der Waals surface area (Å²) in [6.45, 7) is 3.15. The van der Waals surface area contributed by atoms with E-state index in [0.717, 1.165) is 5.82 Å². The lowest BCUT2D eigenvalue weighted by atomic mass is 10.2. The number of aliphatic hydroxyl groups is 1. The summed E-state index contributed by atoms with van der Waals surface area (Å²) in [5, 5.41) is 13.8. The Bertz CT molecular complexity index is 589. The van der Waals surface area contributed by atoms with Crippen molar-refractivity contribution >= 4 is 23.2 Å². The molecule has 102 valence electrons. The van der Waals surface area contributed by atoms with Gasteiger partial charge in [0.2, 0.25) is 0 Å². The zero-order valence-electron chi connectivity index (χ0n) is 10.4. The minimum Gasteiger partial charge on any atom is -0.394 e.